The van der Waals surface area contributed by atoms with E-state index in [1.54, 1.807) is 6.21 Å². The number of nitrogens with zero attached hydrogens (tertiary/aromatic N) is 3. The highest BCUT2D eigenvalue weighted by Gasteiger charge is 2.11. The van der Waals surface area contributed by atoms with Crippen molar-refractivity contribution in [3.8, 4) is 0 Å². The number of hydrogen-bond acceptors (Lipinski definition) is 6. The first-order valence-corrected chi connectivity index (χ1v) is 9.21. The monoisotopic (exact) mass is 386 g/mol. The maximum Gasteiger partial charge on any atom is 0.342 e. The molecule has 9 nitrogen and oxygen atoms in total. The van der Waals surface area contributed by atoms with E-state index in [9.17, 15) is 14.4 Å². The van der Waals surface area contributed by atoms with Gasteiger partial charge in [-0.2, -0.15) is 10.2 Å². The number of hydrogen-bond donors (Lipinski definition) is 3. The highest BCUT2D eigenvalue weighted by Crippen LogP contribution is 2.24. The molecule has 2 aromatic heterocycles. The van der Waals surface area contributed by atoms with Crippen molar-refractivity contribution < 1.29 is 4.79 Å². The van der Waals surface area contributed by atoms with Gasteiger partial charge in [0.2, 0.25) is 5.91 Å². The molecule has 1 amide bonds. The summed E-state index contributed by atoms with van der Waals surface area (Å²) in [5.74, 6) is -0.449. The minimum absolute atomic E-state index is 0.00981. The SMILES string of the molecule is CCn1c(C)c(/C=N/NC(=O)CSc2n[nH]c(=O)[nH]c2=O)c2ccccc21. The number of benzene rings is 1. The molecule has 0 saturated carbocycles. The third kappa shape index (κ3) is 4.00. The van der Waals surface area contributed by atoms with Gasteiger partial charge in [-0.3, -0.25) is 14.6 Å². The number of carbonyl (C=O) groups is 1. The molecule has 3 N–H and O–H groups in total. The maximum atomic E-state index is 11.9. The van der Waals surface area contributed by atoms with Crippen molar-refractivity contribution in [1.29, 1.82) is 0 Å². The number of para-hydroxylation sites is 1. The van der Waals surface area contributed by atoms with Crippen LogP contribution in [0.2, 0.25) is 0 Å². The first-order valence-electron chi connectivity index (χ1n) is 8.22. The largest absolute Gasteiger partial charge is 0.344 e. The summed E-state index contributed by atoms with van der Waals surface area (Å²) in [6.07, 6.45) is 1.62. The molecule has 3 aromatic rings. The average Bonchev–Trinajstić information content (AvgIpc) is 2.92. The highest BCUT2D eigenvalue weighted by molar-refractivity contribution is 7.99. The zero-order valence-electron chi connectivity index (χ0n) is 14.8. The van der Waals surface area contributed by atoms with Crippen LogP contribution in [0.15, 0.2) is 44.0 Å². The molecule has 0 atom stereocenters. The summed E-state index contributed by atoms with van der Waals surface area (Å²) in [6, 6.07) is 8.01. The van der Waals surface area contributed by atoms with Crippen molar-refractivity contribution in [3.63, 3.8) is 0 Å². The molecule has 1 aromatic carbocycles. The van der Waals surface area contributed by atoms with E-state index in [4.69, 9.17) is 0 Å². The van der Waals surface area contributed by atoms with Crippen molar-refractivity contribution in [3.05, 3.63) is 56.4 Å². The van der Waals surface area contributed by atoms with Gasteiger partial charge >= 0.3 is 5.69 Å². The zero-order valence-corrected chi connectivity index (χ0v) is 15.6. The lowest BCUT2D eigenvalue weighted by atomic mass is 10.1. The van der Waals surface area contributed by atoms with Gasteiger partial charge in [-0.15, -0.1) is 0 Å². The Kier molecular flexibility index (Phi) is 5.55. The maximum absolute atomic E-state index is 11.9. The lowest BCUT2D eigenvalue weighted by molar-refractivity contribution is -0.118. The molecule has 2 heterocycles. The molecule has 0 unspecified atom stereocenters. The Morgan fingerprint density at radius 2 is 2.15 bits per heavy atom. The minimum Gasteiger partial charge on any atom is -0.344 e. The van der Waals surface area contributed by atoms with Crippen molar-refractivity contribution in [2.24, 2.45) is 5.10 Å². The number of nitrogens with one attached hydrogen (secondary N) is 3. The van der Waals surface area contributed by atoms with Crippen molar-refractivity contribution in [1.82, 2.24) is 25.2 Å². The van der Waals surface area contributed by atoms with Gasteiger partial charge in [0.15, 0.2) is 5.03 Å². The normalized spacial score (nSPS) is 11.3. The van der Waals surface area contributed by atoms with Crippen LogP contribution in [0.3, 0.4) is 0 Å². The van der Waals surface area contributed by atoms with Gasteiger partial charge in [-0.05, 0) is 19.9 Å². The molecule has 3 rings (SSSR count). The van der Waals surface area contributed by atoms with E-state index in [0.717, 1.165) is 40.5 Å². The Bertz CT molecular complexity index is 1130. The number of aryl methyl sites for hydroxylation is 1. The van der Waals surface area contributed by atoms with Crippen LogP contribution in [0.25, 0.3) is 10.9 Å². The predicted octanol–water partition coefficient (Wildman–Crippen LogP) is 0.984. The van der Waals surface area contributed by atoms with E-state index in [-0.39, 0.29) is 16.7 Å². The fourth-order valence-electron chi connectivity index (χ4n) is 2.80. The Hall–Kier alpha value is -3.14. The molecular weight excluding hydrogens is 368 g/mol. The number of fused-ring (bicyclic) bond motifs is 1. The number of rotatable bonds is 6. The van der Waals surface area contributed by atoms with Crippen molar-refractivity contribution in [2.75, 3.05) is 5.75 Å². The molecule has 0 radical (unpaired) electrons. The number of amides is 1. The molecule has 0 fully saturated rings. The van der Waals surface area contributed by atoms with E-state index in [1.807, 2.05) is 36.2 Å². The average molecular weight is 386 g/mol. The number of thioether (sulfide) groups is 1. The summed E-state index contributed by atoms with van der Waals surface area (Å²) < 4.78 is 2.18. The Morgan fingerprint density at radius 3 is 2.89 bits per heavy atom. The summed E-state index contributed by atoms with van der Waals surface area (Å²) in [4.78, 5) is 36.4. The van der Waals surface area contributed by atoms with Crippen LogP contribution in [-0.4, -0.2) is 37.6 Å². The van der Waals surface area contributed by atoms with Gasteiger partial charge in [0.1, 0.15) is 0 Å². The van der Waals surface area contributed by atoms with Crippen LogP contribution in [-0.2, 0) is 11.3 Å². The van der Waals surface area contributed by atoms with Crippen LogP contribution in [0.4, 0.5) is 0 Å². The number of hydrazone groups is 1. The minimum atomic E-state index is -0.694. The first kappa shape index (κ1) is 18.6. The van der Waals surface area contributed by atoms with Gasteiger partial charge in [0, 0.05) is 28.7 Å². The van der Waals surface area contributed by atoms with Gasteiger partial charge in [0.05, 0.1) is 12.0 Å². The smallest absolute Gasteiger partial charge is 0.342 e. The summed E-state index contributed by atoms with van der Waals surface area (Å²) in [5, 5.41) is 10.8. The third-order valence-corrected chi connectivity index (χ3v) is 4.96. The second-order valence-corrected chi connectivity index (χ2v) is 6.62. The number of carbonyl (C=O) groups excluding carboxylic acids is 1. The van der Waals surface area contributed by atoms with E-state index >= 15 is 0 Å². The summed E-state index contributed by atoms with van der Waals surface area (Å²) in [6.45, 7) is 4.92. The molecule has 0 bridgehead atoms. The molecule has 0 aliphatic carbocycles. The Balaban J connectivity index is 1.68. The van der Waals surface area contributed by atoms with E-state index in [2.05, 4.69) is 32.2 Å². The fraction of sp³-hybridized carbons (Fsp3) is 0.235. The van der Waals surface area contributed by atoms with Gasteiger partial charge in [-0.1, -0.05) is 30.0 Å². The fourth-order valence-corrected chi connectivity index (χ4v) is 3.42. The molecular formula is C17H18N6O3S. The first-order chi connectivity index (χ1) is 13.0. The zero-order chi connectivity index (χ0) is 19.4. The number of aromatic nitrogens is 4. The lowest BCUT2D eigenvalue weighted by Crippen LogP contribution is -2.26. The molecule has 0 aliphatic heterocycles. The number of aromatic amines is 2. The summed E-state index contributed by atoms with van der Waals surface area (Å²) in [5.41, 5.74) is 4.23. The summed E-state index contributed by atoms with van der Waals surface area (Å²) >= 11 is 0.908. The highest BCUT2D eigenvalue weighted by atomic mass is 32.2. The van der Waals surface area contributed by atoms with E-state index in [0.29, 0.717) is 0 Å². The van der Waals surface area contributed by atoms with Crippen LogP contribution in [0.1, 0.15) is 18.2 Å². The van der Waals surface area contributed by atoms with Crippen LogP contribution >= 0.6 is 11.8 Å². The molecule has 27 heavy (non-hydrogen) atoms. The van der Waals surface area contributed by atoms with Gasteiger partial charge < -0.3 is 4.57 Å². The second kappa shape index (κ2) is 8.04. The molecule has 0 aliphatic rings. The standard InChI is InChI=1S/C17H18N6O3S/c1-3-23-10(2)12(11-6-4-5-7-13(11)23)8-18-20-14(24)9-27-16-15(25)19-17(26)22-21-16/h4-8H,3,9H2,1-2H3,(H,20,24)(H2,19,22,25,26)/b18-8+. The second-order valence-electron chi connectivity index (χ2n) is 5.65. The number of H-pyrrole nitrogens is 2. The van der Waals surface area contributed by atoms with Crippen LogP contribution < -0.4 is 16.7 Å². The quantitative estimate of drug-likeness (QED) is 0.331. The van der Waals surface area contributed by atoms with E-state index in [1.165, 1.54) is 0 Å². The predicted molar refractivity (Wildman–Crippen MR) is 104 cm³/mol. The Morgan fingerprint density at radius 1 is 1.37 bits per heavy atom. The van der Waals surface area contributed by atoms with E-state index < -0.39 is 11.2 Å². The molecule has 0 spiro atoms. The summed E-state index contributed by atoms with van der Waals surface area (Å²) in [7, 11) is 0. The van der Waals surface area contributed by atoms with Crippen molar-refractivity contribution >= 4 is 34.8 Å². The molecule has 0 saturated heterocycles. The third-order valence-electron chi connectivity index (χ3n) is 4.00. The lowest BCUT2D eigenvalue weighted by Gasteiger charge is -2.03. The van der Waals surface area contributed by atoms with Gasteiger partial charge in [0.25, 0.3) is 5.56 Å². The topological polar surface area (TPSA) is 125 Å². The van der Waals surface area contributed by atoms with Crippen molar-refractivity contribution in [2.45, 2.75) is 25.4 Å². The van der Waals surface area contributed by atoms with Gasteiger partial charge in [-0.25, -0.2) is 15.3 Å². The van der Waals surface area contributed by atoms with Crippen LogP contribution in [0, 0.1) is 6.92 Å². The Labute approximate surface area is 157 Å². The molecule has 140 valence electrons. The van der Waals surface area contributed by atoms with Crippen LogP contribution in [0.5, 0.6) is 0 Å². The molecule has 10 heteroatoms.